The summed E-state index contributed by atoms with van der Waals surface area (Å²) in [4.78, 5) is 30.1. The van der Waals surface area contributed by atoms with Crippen LogP contribution >= 0.6 is 0 Å². The lowest BCUT2D eigenvalue weighted by molar-refractivity contribution is -0.422. The first-order chi connectivity index (χ1) is 7.36. The third-order valence-corrected chi connectivity index (χ3v) is 1.81. The molecular weight excluding hydrogens is 220 g/mol. The Hall–Kier alpha value is -2.71. The zero-order valence-corrected chi connectivity index (χ0v) is 7.75. The first kappa shape index (κ1) is 11.4. The van der Waals surface area contributed by atoms with Gasteiger partial charge in [0.2, 0.25) is 0 Å². The lowest BCUT2D eigenvalue weighted by Gasteiger charge is -2.02. The fraction of sp³-hybridized carbons (Fsp3) is 0. The highest BCUT2D eigenvalue weighted by atomic mass is 16.6. The second-order valence-corrected chi connectivity index (χ2v) is 2.78. The molecule has 0 spiro atoms. The molecule has 0 aromatic heterocycles. The maximum absolute atomic E-state index is 10.9. The molecule has 0 saturated heterocycles. The fourth-order valence-electron chi connectivity index (χ4n) is 1.19. The number of nitrogens with two attached hydrogens (primary N) is 2. The van der Waals surface area contributed by atoms with Gasteiger partial charge in [-0.2, -0.15) is 0 Å². The van der Waals surface area contributed by atoms with E-state index in [-0.39, 0.29) is 5.69 Å². The molecule has 0 aliphatic heterocycles. The van der Waals surface area contributed by atoms with Crippen LogP contribution in [0.15, 0.2) is 12.1 Å². The van der Waals surface area contributed by atoms with Crippen molar-refractivity contribution >= 4 is 23.0 Å². The topological polar surface area (TPSA) is 155 Å². The molecule has 0 saturated carbocycles. The van der Waals surface area contributed by atoms with Crippen molar-refractivity contribution in [1.29, 1.82) is 0 Å². The molecule has 0 fully saturated rings. The zero-order valence-electron chi connectivity index (χ0n) is 7.75. The molecule has 84 valence electrons. The maximum Gasteiger partial charge on any atom is 0.360 e. The highest BCUT2D eigenvalue weighted by Gasteiger charge is 2.32. The number of hydrogen-bond acceptors (Lipinski definition) is 6. The van der Waals surface area contributed by atoms with Gasteiger partial charge in [0.15, 0.2) is 0 Å². The van der Waals surface area contributed by atoms with Gasteiger partial charge in [-0.1, -0.05) is 0 Å². The van der Waals surface area contributed by atoms with Gasteiger partial charge in [-0.05, 0) is 6.07 Å². The number of carbonyl (C=O) groups is 1. The number of anilines is 1. The van der Waals surface area contributed by atoms with Crippen molar-refractivity contribution < 1.29 is 14.6 Å². The summed E-state index contributed by atoms with van der Waals surface area (Å²) in [6, 6.07) is 1.87. The van der Waals surface area contributed by atoms with E-state index >= 15 is 0 Å². The molecule has 1 rings (SSSR count). The monoisotopic (exact) mass is 226 g/mol. The Balaban J connectivity index is 3.70. The standard InChI is InChI=1S/C7H6N4O5/c8-3-1-2-4(10(13)14)6(11(15)16)5(3)7(9)12/h1-2H,8H2,(H2,9,12). The highest BCUT2D eigenvalue weighted by Crippen LogP contribution is 2.33. The minimum absolute atomic E-state index is 0.273. The molecule has 9 heteroatoms. The molecule has 4 N–H and O–H groups in total. The van der Waals surface area contributed by atoms with Gasteiger partial charge in [0.25, 0.3) is 5.91 Å². The van der Waals surface area contributed by atoms with Crippen LogP contribution in [0, 0.1) is 20.2 Å². The van der Waals surface area contributed by atoms with Gasteiger partial charge >= 0.3 is 11.4 Å². The minimum atomic E-state index is -1.19. The van der Waals surface area contributed by atoms with E-state index in [1.165, 1.54) is 0 Å². The summed E-state index contributed by atoms with van der Waals surface area (Å²) in [5.41, 5.74) is 7.44. The van der Waals surface area contributed by atoms with E-state index in [0.29, 0.717) is 0 Å². The summed E-state index contributed by atoms with van der Waals surface area (Å²) in [7, 11) is 0. The normalized spacial score (nSPS) is 9.75. The van der Waals surface area contributed by atoms with E-state index in [1.807, 2.05) is 0 Å². The van der Waals surface area contributed by atoms with Gasteiger partial charge < -0.3 is 11.5 Å². The molecule has 1 amide bonds. The Labute approximate surface area is 87.9 Å². The predicted octanol–water partition coefficient (Wildman–Crippen LogP) is 0.184. The number of hydrogen-bond donors (Lipinski definition) is 2. The molecular formula is C7H6N4O5. The SMILES string of the molecule is NC(=O)c1c(N)ccc([N+](=O)[O-])c1[N+](=O)[O-]. The van der Waals surface area contributed by atoms with Gasteiger partial charge in [0.05, 0.1) is 15.5 Å². The van der Waals surface area contributed by atoms with Crippen LogP contribution in [0.25, 0.3) is 0 Å². The first-order valence-corrected chi connectivity index (χ1v) is 3.87. The summed E-state index contributed by atoms with van der Waals surface area (Å²) in [5, 5.41) is 21.2. The maximum atomic E-state index is 10.9. The second kappa shape index (κ2) is 3.81. The summed E-state index contributed by atoms with van der Waals surface area (Å²) in [6.07, 6.45) is 0. The third kappa shape index (κ3) is 1.73. The number of carbonyl (C=O) groups excluding carboxylic acids is 1. The van der Waals surface area contributed by atoms with Crippen molar-refractivity contribution in [2.75, 3.05) is 5.73 Å². The number of nitrogens with zero attached hydrogens (tertiary/aromatic N) is 2. The number of nitrogen functional groups attached to an aromatic ring is 1. The third-order valence-electron chi connectivity index (χ3n) is 1.81. The predicted molar refractivity (Wildman–Crippen MR) is 52.7 cm³/mol. The molecule has 9 nitrogen and oxygen atoms in total. The van der Waals surface area contributed by atoms with Gasteiger partial charge in [-0.15, -0.1) is 0 Å². The van der Waals surface area contributed by atoms with Crippen molar-refractivity contribution in [3.05, 3.63) is 37.9 Å². The van der Waals surface area contributed by atoms with Crippen LogP contribution in [0.2, 0.25) is 0 Å². The van der Waals surface area contributed by atoms with E-state index in [0.717, 1.165) is 12.1 Å². The van der Waals surface area contributed by atoms with Crippen molar-refractivity contribution in [3.8, 4) is 0 Å². The largest absolute Gasteiger partial charge is 0.398 e. The molecule has 16 heavy (non-hydrogen) atoms. The van der Waals surface area contributed by atoms with Gasteiger partial charge in [-0.25, -0.2) is 0 Å². The second-order valence-electron chi connectivity index (χ2n) is 2.78. The highest BCUT2D eigenvalue weighted by molar-refractivity contribution is 6.03. The van der Waals surface area contributed by atoms with E-state index in [2.05, 4.69) is 0 Å². The zero-order chi connectivity index (χ0) is 12.5. The quantitative estimate of drug-likeness (QED) is 0.425. The van der Waals surface area contributed by atoms with Crippen LogP contribution in [0.3, 0.4) is 0 Å². The Kier molecular flexibility index (Phi) is 2.70. The van der Waals surface area contributed by atoms with Gasteiger partial charge in [-0.3, -0.25) is 25.0 Å². The molecule has 1 aromatic carbocycles. The number of primary amides is 1. The number of nitro groups is 2. The lowest BCUT2D eigenvalue weighted by Crippen LogP contribution is -2.16. The average molecular weight is 226 g/mol. The smallest absolute Gasteiger partial charge is 0.360 e. The number of benzene rings is 1. The Morgan fingerprint density at radius 1 is 1.19 bits per heavy atom. The summed E-state index contributed by atoms with van der Waals surface area (Å²) in [5.74, 6) is -1.19. The van der Waals surface area contributed by atoms with Crippen molar-refractivity contribution in [2.24, 2.45) is 5.73 Å². The first-order valence-electron chi connectivity index (χ1n) is 3.87. The van der Waals surface area contributed by atoms with Crippen LogP contribution in [0.1, 0.15) is 10.4 Å². The summed E-state index contributed by atoms with van der Waals surface area (Å²) < 4.78 is 0. The number of amides is 1. The fourth-order valence-corrected chi connectivity index (χ4v) is 1.19. The lowest BCUT2D eigenvalue weighted by atomic mass is 10.1. The minimum Gasteiger partial charge on any atom is -0.398 e. The van der Waals surface area contributed by atoms with E-state index in [9.17, 15) is 25.0 Å². The molecule has 0 radical (unpaired) electrons. The van der Waals surface area contributed by atoms with Crippen LogP contribution < -0.4 is 11.5 Å². The van der Waals surface area contributed by atoms with E-state index < -0.39 is 32.7 Å². The van der Waals surface area contributed by atoms with Gasteiger partial charge in [0.1, 0.15) is 5.56 Å². The molecule has 0 bridgehead atoms. The Morgan fingerprint density at radius 2 is 1.75 bits per heavy atom. The van der Waals surface area contributed by atoms with E-state index in [1.54, 1.807) is 0 Å². The van der Waals surface area contributed by atoms with Crippen LogP contribution in [0.5, 0.6) is 0 Å². The van der Waals surface area contributed by atoms with Crippen LogP contribution in [-0.2, 0) is 0 Å². The van der Waals surface area contributed by atoms with Crippen LogP contribution in [0.4, 0.5) is 17.1 Å². The van der Waals surface area contributed by atoms with Crippen molar-refractivity contribution in [1.82, 2.24) is 0 Å². The Bertz CT molecular complexity index is 498. The summed E-state index contributed by atoms with van der Waals surface area (Å²) in [6.45, 7) is 0. The number of rotatable bonds is 3. The molecule has 0 unspecified atom stereocenters. The molecule has 1 aromatic rings. The molecule has 0 atom stereocenters. The molecule has 0 heterocycles. The molecule has 0 aliphatic carbocycles. The van der Waals surface area contributed by atoms with Crippen molar-refractivity contribution in [3.63, 3.8) is 0 Å². The van der Waals surface area contributed by atoms with E-state index in [4.69, 9.17) is 11.5 Å². The van der Waals surface area contributed by atoms with Gasteiger partial charge in [0, 0.05) is 6.07 Å². The molecule has 0 aliphatic rings. The summed E-state index contributed by atoms with van der Waals surface area (Å²) >= 11 is 0. The number of nitro benzene ring substituents is 2. The average Bonchev–Trinajstić information content (AvgIpc) is 2.15. The van der Waals surface area contributed by atoms with Crippen LogP contribution in [-0.4, -0.2) is 15.8 Å². The Morgan fingerprint density at radius 3 is 2.12 bits per heavy atom. The van der Waals surface area contributed by atoms with Crippen molar-refractivity contribution in [2.45, 2.75) is 0 Å².